The van der Waals surface area contributed by atoms with Crippen LogP contribution in [0.5, 0.6) is 0 Å². The predicted octanol–water partition coefficient (Wildman–Crippen LogP) is 4.92. The van der Waals surface area contributed by atoms with Gasteiger partial charge < -0.3 is 9.64 Å². The van der Waals surface area contributed by atoms with Crippen molar-refractivity contribution in [1.82, 2.24) is 9.21 Å². The highest BCUT2D eigenvalue weighted by Crippen LogP contribution is 2.25. The molecule has 0 bridgehead atoms. The Balaban J connectivity index is 1.73. The lowest BCUT2D eigenvalue weighted by Crippen LogP contribution is -2.48. The zero-order valence-corrected chi connectivity index (χ0v) is 19.2. The van der Waals surface area contributed by atoms with Crippen molar-refractivity contribution in [2.45, 2.75) is 63.6 Å². The van der Waals surface area contributed by atoms with Crippen LogP contribution in [0.3, 0.4) is 0 Å². The monoisotopic (exact) mass is 428 g/mol. The first kappa shape index (κ1) is 22.5. The van der Waals surface area contributed by atoms with Crippen molar-refractivity contribution < 1.29 is 13.7 Å². The fourth-order valence-electron chi connectivity index (χ4n) is 3.54. The molecule has 1 heterocycles. The zero-order chi connectivity index (χ0) is 21.7. The molecule has 0 aromatic heterocycles. The fraction of sp³-hybridized carbons (Fsp3) is 0.458. The largest absolute Gasteiger partial charge is 0.444 e. The summed E-state index contributed by atoms with van der Waals surface area (Å²) in [5, 5.41) is 0. The molecule has 0 N–H and O–H groups in total. The SMILES string of the molecule is Cc1ccc(S(=O)N(Cc2ccccc2)C2CCN(C(=O)OC(C)(C)C)CC2)cc1. The van der Waals surface area contributed by atoms with Gasteiger partial charge in [0.1, 0.15) is 16.6 Å². The highest BCUT2D eigenvalue weighted by atomic mass is 32.2. The number of piperidine rings is 1. The Bertz CT molecular complexity index is 854. The van der Waals surface area contributed by atoms with Gasteiger partial charge in [0.15, 0.2) is 0 Å². The Kier molecular flexibility index (Phi) is 7.32. The van der Waals surface area contributed by atoms with Crippen molar-refractivity contribution >= 4 is 17.1 Å². The standard InChI is InChI=1S/C24H32N2O3S/c1-19-10-12-22(13-11-19)30(28)26(18-20-8-6-5-7-9-20)21-14-16-25(17-15-21)23(27)29-24(2,3)4/h5-13,21H,14-18H2,1-4H3. The summed E-state index contributed by atoms with van der Waals surface area (Å²) in [5.74, 6) is 0. The molecule has 1 fully saturated rings. The highest BCUT2D eigenvalue weighted by Gasteiger charge is 2.32. The Labute approximate surface area is 182 Å². The van der Waals surface area contributed by atoms with E-state index in [9.17, 15) is 9.00 Å². The predicted molar refractivity (Wildman–Crippen MR) is 120 cm³/mol. The van der Waals surface area contributed by atoms with Crippen LogP contribution in [0, 0.1) is 6.92 Å². The third-order valence-corrected chi connectivity index (χ3v) is 6.67. The number of rotatable bonds is 5. The summed E-state index contributed by atoms with van der Waals surface area (Å²) in [5.41, 5.74) is 1.78. The third-order valence-electron chi connectivity index (χ3n) is 5.14. The molecule has 1 aliphatic heterocycles. The van der Waals surface area contributed by atoms with Crippen molar-refractivity contribution in [2.24, 2.45) is 0 Å². The minimum atomic E-state index is -1.27. The van der Waals surface area contributed by atoms with Crippen molar-refractivity contribution in [3.63, 3.8) is 0 Å². The number of likely N-dealkylation sites (tertiary alicyclic amines) is 1. The lowest BCUT2D eigenvalue weighted by molar-refractivity contribution is 0.0177. The van der Waals surface area contributed by atoms with E-state index in [1.807, 2.05) is 70.2 Å². The topological polar surface area (TPSA) is 49.9 Å². The first-order chi connectivity index (χ1) is 14.2. The van der Waals surface area contributed by atoms with Gasteiger partial charge in [-0.05, 0) is 58.2 Å². The van der Waals surface area contributed by atoms with Crippen LogP contribution in [0.2, 0.25) is 0 Å². The number of hydrogen-bond acceptors (Lipinski definition) is 3. The summed E-state index contributed by atoms with van der Waals surface area (Å²) in [4.78, 5) is 15.0. The van der Waals surface area contributed by atoms with Gasteiger partial charge in [0.05, 0.1) is 4.90 Å². The van der Waals surface area contributed by atoms with Gasteiger partial charge in [-0.2, -0.15) is 0 Å². The van der Waals surface area contributed by atoms with E-state index in [4.69, 9.17) is 4.74 Å². The maximum atomic E-state index is 13.5. The number of carbonyl (C=O) groups is 1. The average molecular weight is 429 g/mol. The summed E-state index contributed by atoms with van der Waals surface area (Å²) in [6, 6.07) is 18.2. The normalized spacial score (nSPS) is 16.5. The van der Waals surface area contributed by atoms with Crippen LogP contribution >= 0.6 is 0 Å². The number of aryl methyl sites for hydroxylation is 1. The van der Waals surface area contributed by atoms with Crippen LogP contribution < -0.4 is 0 Å². The molecule has 5 nitrogen and oxygen atoms in total. The summed E-state index contributed by atoms with van der Waals surface area (Å²) < 4.78 is 21.1. The first-order valence-corrected chi connectivity index (χ1v) is 11.6. The fourth-order valence-corrected chi connectivity index (χ4v) is 4.93. The first-order valence-electron chi connectivity index (χ1n) is 10.5. The summed E-state index contributed by atoms with van der Waals surface area (Å²) in [6.07, 6.45) is 1.27. The van der Waals surface area contributed by atoms with Gasteiger partial charge in [-0.3, -0.25) is 0 Å². The molecule has 30 heavy (non-hydrogen) atoms. The Morgan fingerprint density at radius 2 is 1.67 bits per heavy atom. The molecular weight excluding hydrogens is 396 g/mol. The smallest absolute Gasteiger partial charge is 0.410 e. The van der Waals surface area contributed by atoms with Gasteiger partial charge in [-0.15, -0.1) is 0 Å². The van der Waals surface area contributed by atoms with E-state index < -0.39 is 16.6 Å². The maximum absolute atomic E-state index is 13.5. The van der Waals surface area contributed by atoms with Crippen LogP contribution in [0.15, 0.2) is 59.5 Å². The Morgan fingerprint density at radius 1 is 1.07 bits per heavy atom. The molecular formula is C24H32N2O3S. The number of carbonyl (C=O) groups excluding carboxylic acids is 1. The number of ether oxygens (including phenoxy) is 1. The van der Waals surface area contributed by atoms with Gasteiger partial charge in [0.2, 0.25) is 0 Å². The molecule has 2 aromatic rings. The van der Waals surface area contributed by atoms with Crippen LogP contribution in [-0.4, -0.2) is 44.2 Å². The number of amides is 1. The summed E-state index contributed by atoms with van der Waals surface area (Å²) in [6.45, 7) is 9.49. The molecule has 1 unspecified atom stereocenters. The highest BCUT2D eigenvalue weighted by molar-refractivity contribution is 7.82. The molecule has 3 rings (SSSR count). The minimum absolute atomic E-state index is 0.131. The van der Waals surface area contributed by atoms with Crippen LogP contribution in [0.25, 0.3) is 0 Å². The number of benzene rings is 2. The quantitative estimate of drug-likeness (QED) is 0.679. The van der Waals surface area contributed by atoms with Gasteiger partial charge in [0.25, 0.3) is 0 Å². The molecule has 0 spiro atoms. The average Bonchev–Trinajstić information content (AvgIpc) is 2.72. The van der Waals surface area contributed by atoms with E-state index in [0.717, 1.165) is 28.9 Å². The van der Waals surface area contributed by atoms with Gasteiger partial charge in [-0.25, -0.2) is 13.3 Å². The van der Waals surface area contributed by atoms with E-state index in [2.05, 4.69) is 16.4 Å². The molecule has 2 aromatic carbocycles. The lowest BCUT2D eigenvalue weighted by atomic mass is 10.0. The number of nitrogens with zero attached hydrogens (tertiary/aromatic N) is 2. The van der Waals surface area contributed by atoms with E-state index in [-0.39, 0.29) is 12.1 Å². The second-order valence-corrected chi connectivity index (χ2v) is 10.3. The van der Waals surface area contributed by atoms with Crippen LogP contribution in [-0.2, 0) is 22.3 Å². The van der Waals surface area contributed by atoms with Crippen molar-refractivity contribution in [3.05, 3.63) is 65.7 Å². The van der Waals surface area contributed by atoms with Crippen LogP contribution in [0.4, 0.5) is 4.79 Å². The molecule has 1 aliphatic rings. The summed E-state index contributed by atoms with van der Waals surface area (Å²) >= 11 is 0. The molecule has 0 radical (unpaired) electrons. The maximum Gasteiger partial charge on any atom is 0.410 e. The van der Waals surface area contributed by atoms with Gasteiger partial charge >= 0.3 is 6.09 Å². The second-order valence-electron chi connectivity index (χ2n) is 8.82. The zero-order valence-electron chi connectivity index (χ0n) is 18.3. The van der Waals surface area contributed by atoms with Crippen molar-refractivity contribution in [1.29, 1.82) is 0 Å². The summed E-state index contributed by atoms with van der Waals surface area (Å²) in [7, 11) is -1.27. The van der Waals surface area contributed by atoms with E-state index in [0.29, 0.717) is 19.6 Å². The Morgan fingerprint density at radius 3 is 2.23 bits per heavy atom. The molecule has 1 amide bonds. The van der Waals surface area contributed by atoms with E-state index in [1.165, 1.54) is 0 Å². The van der Waals surface area contributed by atoms with Gasteiger partial charge in [0, 0.05) is 25.7 Å². The molecule has 0 aliphatic carbocycles. The third kappa shape index (κ3) is 6.16. The molecule has 162 valence electrons. The van der Waals surface area contributed by atoms with Gasteiger partial charge in [-0.1, -0.05) is 48.0 Å². The molecule has 1 saturated heterocycles. The molecule has 0 saturated carbocycles. The van der Waals surface area contributed by atoms with E-state index in [1.54, 1.807) is 4.90 Å². The Hall–Kier alpha value is -2.18. The van der Waals surface area contributed by atoms with Crippen molar-refractivity contribution in [2.75, 3.05) is 13.1 Å². The number of hydrogen-bond donors (Lipinski definition) is 0. The molecule has 1 atom stereocenters. The second kappa shape index (κ2) is 9.75. The van der Waals surface area contributed by atoms with Crippen molar-refractivity contribution in [3.8, 4) is 0 Å². The molecule has 6 heteroatoms. The lowest BCUT2D eigenvalue weighted by Gasteiger charge is -2.38. The van der Waals surface area contributed by atoms with Crippen LogP contribution in [0.1, 0.15) is 44.7 Å². The van der Waals surface area contributed by atoms with E-state index >= 15 is 0 Å². The minimum Gasteiger partial charge on any atom is -0.444 e.